The maximum Gasteiger partial charge on any atom is 0.303 e. The van der Waals surface area contributed by atoms with Gasteiger partial charge in [0.2, 0.25) is 11.8 Å². The summed E-state index contributed by atoms with van der Waals surface area (Å²) in [6.45, 7) is 3.74. The van der Waals surface area contributed by atoms with E-state index < -0.39 is 11.5 Å². The van der Waals surface area contributed by atoms with E-state index in [0.29, 0.717) is 45.2 Å². The molecule has 0 bridgehead atoms. The molecule has 154 valence electrons. The average molecular weight is 391 g/mol. The Labute approximate surface area is 164 Å². The molecule has 28 heavy (non-hydrogen) atoms. The molecule has 0 aliphatic carbocycles. The van der Waals surface area contributed by atoms with Crippen LogP contribution in [0.2, 0.25) is 0 Å². The number of carbonyl (C=O) groups excluding carboxylic acids is 2. The van der Waals surface area contributed by atoms with Crippen molar-refractivity contribution < 1.29 is 19.5 Å². The Hall–Kier alpha value is -2.42. The second-order valence-electron chi connectivity index (χ2n) is 7.83. The smallest absolute Gasteiger partial charge is 0.303 e. The van der Waals surface area contributed by atoms with Crippen molar-refractivity contribution in [2.45, 2.75) is 50.6 Å². The van der Waals surface area contributed by atoms with Crippen molar-refractivity contribution in [1.82, 2.24) is 24.7 Å². The van der Waals surface area contributed by atoms with Gasteiger partial charge in [-0.15, -0.1) is 0 Å². The van der Waals surface area contributed by atoms with Crippen LogP contribution in [0.5, 0.6) is 0 Å². The van der Waals surface area contributed by atoms with E-state index in [0.717, 1.165) is 25.5 Å². The predicted octanol–water partition coefficient (Wildman–Crippen LogP) is 0.358. The number of carboxylic acids is 1. The van der Waals surface area contributed by atoms with Gasteiger partial charge in [-0.3, -0.25) is 19.3 Å². The highest BCUT2D eigenvalue weighted by Crippen LogP contribution is 2.30. The van der Waals surface area contributed by atoms with E-state index in [9.17, 15) is 14.4 Å². The lowest BCUT2D eigenvalue weighted by molar-refractivity contribution is -0.137. The first kappa shape index (κ1) is 20.3. The largest absolute Gasteiger partial charge is 0.481 e. The molecular weight excluding hydrogens is 362 g/mol. The van der Waals surface area contributed by atoms with E-state index in [1.165, 1.54) is 0 Å². The van der Waals surface area contributed by atoms with E-state index in [4.69, 9.17) is 5.11 Å². The Morgan fingerprint density at radius 2 is 1.93 bits per heavy atom. The van der Waals surface area contributed by atoms with Crippen molar-refractivity contribution in [2.75, 3.05) is 26.2 Å². The summed E-state index contributed by atoms with van der Waals surface area (Å²) in [5, 5.41) is 11.9. The van der Waals surface area contributed by atoms with Crippen LogP contribution in [-0.2, 0) is 28.0 Å². The topological polar surface area (TPSA) is 108 Å². The molecule has 2 amide bonds. The predicted molar refractivity (Wildman–Crippen MR) is 101 cm³/mol. The van der Waals surface area contributed by atoms with Gasteiger partial charge in [0, 0.05) is 70.4 Å². The van der Waals surface area contributed by atoms with E-state index >= 15 is 0 Å². The summed E-state index contributed by atoms with van der Waals surface area (Å²) in [5.74, 6) is 0.154. The number of hydrogen-bond donors (Lipinski definition) is 2. The minimum atomic E-state index is -0.879. The number of imidazole rings is 1. The number of nitrogens with one attached hydrogen (secondary N) is 1. The fourth-order valence-corrected chi connectivity index (χ4v) is 4.03. The zero-order chi connectivity index (χ0) is 20.1. The number of aryl methyl sites for hydroxylation is 1. The second kappa shape index (κ2) is 8.72. The molecule has 1 aromatic heterocycles. The lowest BCUT2D eigenvalue weighted by atomic mass is 9.86. The van der Waals surface area contributed by atoms with E-state index in [2.05, 4.69) is 15.2 Å². The molecule has 0 radical (unpaired) electrons. The molecule has 2 aliphatic heterocycles. The van der Waals surface area contributed by atoms with Gasteiger partial charge in [-0.05, 0) is 19.3 Å². The van der Waals surface area contributed by atoms with Gasteiger partial charge in [-0.25, -0.2) is 4.98 Å². The summed E-state index contributed by atoms with van der Waals surface area (Å²) in [5.41, 5.74) is -0.550. The van der Waals surface area contributed by atoms with Crippen LogP contribution in [0.15, 0.2) is 12.4 Å². The van der Waals surface area contributed by atoms with Crippen LogP contribution in [0.3, 0.4) is 0 Å². The number of aromatic nitrogens is 2. The Balaban J connectivity index is 1.46. The van der Waals surface area contributed by atoms with Gasteiger partial charge in [0.25, 0.3) is 0 Å². The molecule has 2 N–H and O–H groups in total. The van der Waals surface area contributed by atoms with Crippen molar-refractivity contribution in [3.05, 3.63) is 18.2 Å². The molecule has 9 heteroatoms. The molecule has 2 saturated heterocycles. The molecule has 0 saturated carbocycles. The minimum Gasteiger partial charge on any atom is -0.481 e. The van der Waals surface area contributed by atoms with Gasteiger partial charge in [0.1, 0.15) is 5.82 Å². The van der Waals surface area contributed by atoms with E-state index in [1.54, 1.807) is 6.20 Å². The van der Waals surface area contributed by atoms with Crippen molar-refractivity contribution in [1.29, 1.82) is 0 Å². The molecule has 2 fully saturated rings. The maximum atomic E-state index is 12.7. The van der Waals surface area contributed by atoms with Crippen LogP contribution in [-0.4, -0.2) is 74.0 Å². The van der Waals surface area contributed by atoms with Crippen molar-refractivity contribution in [3.8, 4) is 0 Å². The van der Waals surface area contributed by atoms with Crippen molar-refractivity contribution in [2.24, 2.45) is 7.05 Å². The van der Waals surface area contributed by atoms with E-state index in [-0.39, 0.29) is 18.2 Å². The molecule has 9 nitrogen and oxygen atoms in total. The van der Waals surface area contributed by atoms with Crippen LogP contribution in [0.25, 0.3) is 0 Å². The Bertz CT molecular complexity index is 726. The van der Waals surface area contributed by atoms with Gasteiger partial charge in [-0.2, -0.15) is 0 Å². The first-order valence-electron chi connectivity index (χ1n) is 9.86. The average Bonchev–Trinajstić information content (AvgIpc) is 3.25. The van der Waals surface area contributed by atoms with Crippen LogP contribution in [0, 0.1) is 0 Å². The zero-order valence-corrected chi connectivity index (χ0v) is 16.4. The molecule has 1 atom stereocenters. The molecule has 1 aromatic rings. The van der Waals surface area contributed by atoms with Gasteiger partial charge in [0.05, 0.1) is 6.54 Å². The minimum absolute atomic E-state index is 0.000332. The third kappa shape index (κ3) is 5.09. The molecule has 2 aliphatic rings. The second-order valence-corrected chi connectivity index (χ2v) is 7.83. The number of piperazine rings is 1. The van der Waals surface area contributed by atoms with Gasteiger partial charge >= 0.3 is 5.97 Å². The van der Waals surface area contributed by atoms with E-state index in [1.807, 2.05) is 22.7 Å². The van der Waals surface area contributed by atoms with Gasteiger partial charge in [-0.1, -0.05) is 0 Å². The number of carboxylic acid groups (broad SMARTS) is 1. The number of nitrogens with zero attached hydrogens (tertiary/aromatic N) is 4. The highest BCUT2D eigenvalue weighted by molar-refractivity contribution is 5.80. The number of hydrogen-bond acceptors (Lipinski definition) is 5. The number of rotatable bonds is 8. The van der Waals surface area contributed by atoms with Crippen molar-refractivity contribution >= 4 is 17.8 Å². The third-order valence-corrected chi connectivity index (χ3v) is 5.88. The highest BCUT2D eigenvalue weighted by atomic mass is 16.4. The zero-order valence-electron chi connectivity index (χ0n) is 16.4. The lowest BCUT2D eigenvalue weighted by Crippen LogP contribution is -2.49. The number of aliphatic carboxylic acids is 1. The molecule has 0 unspecified atom stereocenters. The fraction of sp³-hybridized carbons (Fsp3) is 0.684. The summed E-state index contributed by atoms with van der Waals surface area (Å²) in [6, 6.07) is 0. The highest BCUT2D eigenvalue weighted by Gasteiger charge is 2.38. The summed E-state index contributed by atoms with van der Waals surface area (Å²) < 4.78 is 2.00. The van der Waals surface area contributed by atoms with Crippen LogP contribution < -0.4 is 5.32 Å². The molecule has 0 aromatic carbocycles. The van der Waals surface area contributed by atoms with Crippen LogP contribution in [0.4, 0.5) is 0 Å². The summed E-state index contributed by atoms with van der Waals surface area (Å²) in [4.78, 5) is 43.8. The van der Waals surface area contributed by atoms with Gasteiger partial charge in [0.15, 0.2) is 0 Å². The Morgan fingerprint density at radius 1 is 1.21 bits per heavy atom. The number of carbonyl (C=O) groups is 3. The van der Waals surface area contributed by atoms with Crippen LogP contribution in [0.1, 0.15) is 44.3 Å². The summed E-state index contributed by atoms with van der Waals surface area (Å²) in [6.07, 6.45) is 5.93. The Kier molecular flexibility index (Phi) is 6.33. The molecular formula is C19H29N5O4. The third-order valence-electron chi connectivity index (χ3n) is 5.88. The summed E-state index contributed by atoms with van der Waals surface area (Å²) >= 11 is 0. The SMILES string of the molecule is Cn1ccnc1CN1CCN(C(=O)CC[C@]2(CCC(=O)O)CCC(=O)N2)CC1. The summed E-state index contributed by atoms with van der Waals surface area (Å²) in [7, 11) is 1.98. The van der Waals surface area contributed by atoms with Crippen molar-refractivity contribution in [3.63, 3.8) is 0 Å². The first-order chi connectivity index (χ1) is 13.4. The molecule has 3 heterocycles. The fourth-order valence-electron chi connectivity index (χ4n) is 4.03. The monoisotopic (exact) mass is 391 g/mol. The first-order valence-corrected chi connectivity index (χ1v) is 9.86. The van der Waals surface area contributed by atoms with Gasteiger partial charge < -0.3 is 19.9 Å². The maximum absolute atomic E-state index is 12.7. The normalized spacial score (nSPS) is 23.0. The Morgan fingerprint density at radius 3 is 2.50 bits per heavy atom. The quantitative estimate of drug-likeness (QED) is 0.662. The standard InChI is InChI=1S/C19H29N5O4/c1-22-9-8-20-15(22)14-23-10-12-24(13-11-23)17(26)3-6-19(7-4-18(27)28)5-2-16(25)21-19/h8-9H,2-7,10-14H2,1H3,(H,21,25)(H,27,28)/t19-/m0/s1. The number of amides is 2. The molecule has 3 rings (SSSR count). The molecule has 0 spiro atoms. The van der Waals surface area contributed by atoms with Crippen LogP contribution >= 0.6 is 0 Å². The lowest BCUT2D eigenvalue weighted by Gasteiger charge is -2.35.